The predicted octanol–water partition coefficient (Wildman–Crippen LogP) is 2.82. The summed E-state index contributed by atoms with van der Waals surface area (Å²) < 4.78 is 0. The molecule has 74 valence electrons. The first-order valence-electron chi connectivity index (χ1n) is 4.27. The quantitative estimate of drug-likeness (QED) is 0.604. The van der Waals surface area contributed by atoms with Crippen LogP contribution >= 0.6 is 23.1 Å². The van der Waals surface area contributed by atoms with Crippen molar-refractivity contribution in [2.45, 2.75) is 5.16 Å². The Kier molecular flexibility index (Phi) is 3.33. The van der Waals surface area contributed by atoms with E-state index in [9.17, 15) is 0 Å². The van der Waals surface area contributed by atoms with Crippen molar-refractivity contribution in [3.8, 4) is 16.6 Å². The van der Waals surface area contributed by atoms with Crippen molar-refractivity contribution in [1.82, 2.24) is 9.97 Å². The monoisotopic (exact) mass is 233 g/mol. The smallest absolute Gasteiger partial charge is 0.189 e. The van der Waals surface area contributed by atoms with Crippen LogP contribution in [0.2, 0.25) is 0 Å². The van der Waals surface area contributed by atoms with Gasteiger partial charge in [-0.15, -0.1) is 11.3 Å². The molecule has 0 saturated heterocycles. The van der Waals surface area contributed by atoms with Gasteiger partial charge < -0.3 is 0 Å². The molecule has 0 aromatic carbocycles. The van der Waals surface area contributed by atoms with E-state index in [1.807, 2.05) is 23.6 Å². The van der Waals surface area contributed by atoms with Gasteiger partial charge in [-0.2, -0.15) is 5.26 Å². The van der Waals surface area contributed by atoms with Gasteiger partial charge in [-0.05, 0) is 17.5 Å². The number of aromatic nitrogens is 2. The number of nitriles is 1. The zero-order valence-electron chi connectivity index (χ0n) is 7.75. The Hall–Kier alpha value is -1.38. The van der Waals surface area contributed by atoms with E-state index in [1.54, 1.807) is 17.5 Å². The first-order valence-corrected chi connectivity index (χ1v) is 6.13. The number of hydrogen-bond acceptors (Lipinski definition) is 5. The summed E-state index contributed by atoms with van der Waals surface area (Å²) in [5.41, 5.74) is 0.917. The average molecular weight is 233 g/mol. The van der Waals surface area contributed by atoms with E-state index in [4.69, 9.17) is 5.26 Å². The molecule has 0 radical (unpaired) electrons. The van der Waals surface area contributed by atoms with E-state index in [0.29, 0.717) is 10.9 Å². The lowest BCUT2D eigenvalue weighted by atomic mass is 10.3. The van der Waals surface area contributed by atoms with Crippen LogP contribution in [-0.2, 0) is 0 Å². The van der Waals surface area contributed by atoms with Crippen molar-refractivity contribution in [3.63, 3.8) is 0 Å². The third kappa shape index (κ3) is 2.55. The standard InChI is InChI=1S/C10H7N3S2/c11-4-7-15-10-12-5-3-8(13-10)9-2-1-6-14-9/h1-3,5-6H,7H2. The molecule has 2 heterocycles. The van der Waals surface area contributed by atoms with Crippen molar-refractivity contribution in [2.24, 2.45) is 0 Å². The fraction of sp³-hybridized carbons (Fsp3) is 0.100. The molecule has 0 atom stereocenters. The van der Waals surface area contributed by atoms with Crippen molar-refractivity contribution in [2.75, 3.05) is 5.75 Å². The Bertz CT molecular complexity index is 474. The maximum atomic E-state index is 8.46. The van der Waals surface area contributed by atoms with Gasteiger partial charge in [0, 0.05) is 6.20 Å². The van der Waals surface area contributed by atoms with Gasteiger partial charge >= 0.3 is 0 Å². The van der Waals surface area contributed by atoms with Crippen molar-refractivity contribution < 1.29 is 0 Å². The summed E-state index contributed by atoms with van der Waals surface area (Å²) in [6, 6.07) is 7.94. The molecule has 2 aromatic rings. The third-order valence-corrected chi connectivity index (χ3v) is 3.29. The van der Waals surface area contributed by atoms with Crippen LogP contribution in [0.15, 0.2) is 34.9 Å². The minimum absolute atomic E-state index is 0.383. The van der Waals surface area contributed by atoms with Gasteiger partial charge in [-0.25, -0.2) is 9.97 Å². The average Bonchev–Trinajstić information content (AvgIpc) is 2.80. The highest BCUT2D eigenvalue weighted by Gasteiger charge is 2.02. The Morgan fingerprint density at radius 3 is 3.13 bits per heavy atom. The molecular weight excluding hydrogens is 226 g/mol. The fourth-order valence-corrected chi connectivity index (χ4v) is 2.26. The number of thioether (sulfide) groups is 1. The van der Waals surface area contributed by atoms with E-state index < -0.39 is 0 Å². The first-order chi connectivity index (χ1) is 7.40. The Balaban J connectivity index is 2.24. The second-order valence-corrected chi connectivity index (χ2v) is 4.54. The third-order valence-electron chi connectivity index (χ3n) is 1.67. The molecule has 0 unspecified atom stereocenters. The largest absolute Gasteiger partial charge is 0.231 e. The van der Waals surface area contributed by atoms with Crippen molar-refractivity contribution >= 4 is 23.1 Å². The van der Waals surface area contributed by atoms with Gasteiger partial charge in [0.2, 0.25) is 0 Å². The SMILES string of the molecule is N#CCSc1nccc(-c2cccs2)n1. The number of nitrogens with zero attached hydrogens (tertiary/aromatic N) is 3. The van der Waals surface area contributed by atoms with Crippen LogP contribution in [0.5, 0.6) is 0 Å². The van der Waals surface area contributed by atoms with Crippen LogP contribution in [0.3, 0.4) is 0 Å². The van der Waals surface area contributed by atoms with Gasteiger partial charge in [0.15, 0.2) is 5.16 Å². The molecule has 15 heavy (non-hydrogen) atoms. The lowest BCUT2D eigenvalue weighted by Crippen LogP contribution is -1.88. The van der Waals surface area contributed by atoms with Gasteiger partial charge in [0.05, 0.1) is 22.4 Å². The number of hydrogen-bond donors (Lipinski definition) is 0. The summed E-state index contributed by atoms with van der Waals surface area (Å²) in [6.07, 6.45) is 1.72. The van der Waals surface area contributed by atoms with Gasteiger partial charge in [-0.1, -0.05) is 17.8 Å². The Morgan fingerprint density at radius 1 is 1.47 bits per heavy atom. The summed E-state index contributed by atoms with van der Waals surface area (Å²) in [4.78, 5) is 9.58. The molecule has 0 saturated carbocycles. The summed E-state index contributed by atoms with van der Waals surface area (Å²) in [5.74, 6) is 0.383. The molecule has 2 rings (SSSR count). The normalized spacial score (nSPS) is 9.80. The minimum Gasteiger partial charge on any atom is -0.231 e. The highest BCUT2D eigenvalue weighted by atomic mass is 32.2. The van der Waals surface area contributed by atoms with E-state index >= 15 is 0 Å². The van der Waals surface area contributed by atoms with Gasteiger partial charge in [0.1, 0.15) is 0 Å². The van der Waals surface area contributed by atoms with Crippen LogP contribution in [0.4, 0.5) is 0 Å². The molecular formula is C10H7N3S2. The summed E-state index contributed by atoms with van der Waals surface area (Å²) >= 11 is 3.00. The maximum Gasteiger partial charge on any atom is 0.189 e. The lowest BCUT2D eigenvalue weighted by Gasteiger charge is -1.98. The van der Waals surface area contributed by atoms with Crippen LogP contribution < -0.4 is 0 Å². The van der Waals surface area contributed by atoms with Gasteiger partial charge in [0.25, 0.3) is 0 Å². The molecule has 0 bridgehead atoms. The molecule has 0 amide bonds. The summed E-state index contributed by atoms with van der Waals surface area (Å²) in [6.45, 7) is 0. The van der Waals surface area contributed by atoms with Crippen LogP contribution in [-0.4, -0.2) is 15.7 Å². The Morgan fingerprint density at radius 2 is 2.40 bits per heavy atom. The maximum absolute atomic E-state index is 8.46. The molecule has 0 N–H and O–H groups in total. The van der Waals surface area contributed by atoms with Crippen molar-refractivity contribution in [3.05, 3.63) is 29.8 Å². The first kappa shape index (κ1) is 10.1. The van der Waals surface area contributed by atoms with E-state index in [2.05, 4.69) is 16.0 Å². The Labute approximate surface area is 95.8 Å². The van der Waals surface area contributed by atoms with Crippen molar-refractivity contribution in [1.29, 1.82) is 5.26 Å². The van der Waals surface area contributed by atoms with Crippen LogP contribution in [0.1, 0.15) is 0 Å². The summed E-state index contributed by atoms with van der Waals surface area (Å²) in [7, 11) is 0. The molecule has 5 heteroatoms. The molecule has 0 aliphatic rings. The molecule has 0 aliphatic carbocycles. The van der Waals surface area contributed by atoms with E-state index in [-0.39, 0.29) is 0 Å². The number of thiophene rings is 1. The zero-order chi connectivity index (χ0) is 10.5. The van der Waals surface area contributed by atoms with E-state index in [1.165, 1.54) is 11.8 Å². The predicted molar refractivity (Wildman–Crippen MR) is 61.7 cm³/mol. The lowest BCUT2D eigenvalue weighted by molar-refractivity contribution is 0.977. The second-order valence-electron chi connectivity index (χ2n) is 2.65. The van der Waals surface area contributed by atoms with Crippen LogP contribution in [0, 0.1) is 11.3 Å². The van der Waals surface area contributed by atoms with Crippen LogP contribution in [0.25, 0.3) is 10.6 Å². The topological polar surface area (TPSA) is 49.6 Å². The summed E-state index contributed by atoms with van der Waals surface area (Å²) in [5, 5.41) is 11.1. The zero-order valence-corrected chi connectivity index (χ0v) is 9.38. The highest BCUT2D eigenvalue weighted by molar-refractivity contribution is 7.99. The highest BCUT2D eigenvalue weighted by Crippen LogP contribution is 2.23. The molecule has 0 fully saturated rings. The van der Waals surface area contributed by atoms with E-state index in [0.717, 1.165) is 10.6 Å². The molecule has 2 aromatic heterocycles. The fourth-order valence-electron chi connectivity index (χ4n) is 1.07. The van der Waals surface area contributed by atoms with Gasteiger partial charge in [-0.3, -0.25) is 0 Å². The number of rotatable bonds is 3. The molecule has 3 nitrogen and oxygen atoms in total. The minimum atomic E-state index is 0.383. The second kappa shape index (κ2) is 4.91. The molecule has 0 aliphatic heterocycles. The molecule has 0 spiro atoms.